The van der Waals surface area contributed by atoms with Gasteiger partial charge in [0.2, 0.25) is 5.91 Å². The van der Waals surface area contributed by atoms with Crippen LogP contribution in [0.1, 0.15) is 62.1 Å². The Balaban J connectivity index is 2.06. The van der Waals surface area contributed by atoms with E-state index in [0.29, 0.717) is 11.2 Å². The SMILES string of the molecule is CNC(=O)c1cnn2c([C@@H]3CCCCN3C(=O)C(C)(C)C)ccnc12. The van der Waals surface area contributed by atoms with E-state index in [9.17, 15) is 9.59 Å². The van der Waals surface area contributed by atoms with Crippen LogP contribution in [0.25, 0.3) is 5.65 Å². The molecule has 2 aromatic heterocycles. The fourth-order valence-corrected chi connectivity index (χ4v) is 3.37. The summed E-state index contributed by atoms with van der Waals surface area (Å²) in [6, 6.07) is 1.84. The molecule has 0 bridgehead atoms. The minimum Gasteiger partial charge on any atom is -0.355 e. The molecule has 1 atom stereocenters. The lowest BCUT2D eigenvalue weighted by molar-refractivity contribution is -0.143. The monoisotopic (exact) mass is 343 g/mol. The van der Waals surface area contributed by atoms with Crippen molar-refractivity contribution in [3.05, 3.63) is 29.7 Å². The molecule has 1 N–H and O–H groups in total. The van der Waals surface area contributed by atoms with E-state index >= 15 is 0 Å². The van der Waals surface area contributed by atoms with Gasteiger partial charge in [0.25, 0.3) is 5.91 Å². The third kappa shape index (κ3) is 3.10. The van der Waals surface area contributed by atoms with Crippen molar-refractivity contribution in [1.82, 2.24) is 24.8 Å². The van der Waals surface area contributed by atoms with E-state index in [2.05, 4.69) is 15.4 Å². The lowest BCUT2D eigenvalue weighted by atomic mass is 9.90. The number of carbonyl (C=O) groups is 2. The number of amides is 2. The number of likely N-dealkylation sites (tertiary alicyclic amines) is 1. The predicted octanol–water partition coefficient (Wildman–Crippen LogP) is 2.19. The molecule has 134 valence electrons. The normalized spacial score (nSPS) is 18.4. The molecule has 0 aromatic carbocycles. The van der Waals surface area contributed by atoms with Crippen LogP contribution in [-0.2, 0) is 4.79 Å². The molecule has 3 heterocycles. The van der Waals surface area contributed by atoms with Crippen molar-refractivity contribution in [2.45, 2.75) is 46.1 Å². The maximum absolute atomic E-state index is 12.9. The summed E-state index contributed by atoms with van der Waals surface area (Å²) in [5.74, 6) is -0.0771. The smallest absolute Gasteiger partial charge is 0.256 e. The van der Waals surface area contributed by atoms with E-state index in [-0.39, 0.29) is 17.9 Å². The molecule has 7 nitrogen and oxygen atoms in total. The van der Waals surface area contributed by atoms with Gasteiger partial charge in [-0.05, 0) is 25.3 Å². The molecule has 3 rings (SSSR count). The summed E-state index contributed by atoms with van der Waals surface area (Å²) >= 11 is 0. The largest absolute Gasteiger partial charge is 0.355 e. The van der Waals surface area contributed by atoms with Crippen LogP contribution in [0.15, 0.2) is 18.5 Å². The van der Waals surface area contributed by atoms with E-state index in [1.165, 1.54) is 6.20 Å². The lowest BCUT2D eigenvalue weighted by Crippen LogP contribution is -2.44. The number of piperidine rings is 1. The molecule has 0 unspecified atom stereocenters. The average molecular weight is 343 g/mol. The van der Waals surface area contributed by atoms with E-state index < -0.39 is 5.41 Å². The predicted molar refractivity (Wildman–Crippen MR) is 94.1 cm³/mol. The maximum Gasteiger partial charge on any atom is 0.256 e. The Labute approximate surface area is 147 Å². The standard InChI is InChI=1S/C18H25N5O2/c1-18(2,3)17(25)22-10-6-5-7-13(22)14-8-9-20-15-12(16(24)19-4)11-21-23(14)15/h8-9,11,13H,5-7,10H2,1-4H3,(H,19,24)/t13-/m0/s1. The van der Waals surface area contributed by atoms with Crippen LogP contribution in [0.2, 0.25) is 0 Å². The first-order valence-electron chi connectivity index (χ1n) is 8.70. The van der Waals surface area contributed by atoms with Gasteiger partial charge in [-0.25, -0.2) is 9.50 Å². The van der Waals surface area contributed by atoms with Crippen LogP contribution in [0.3, 0.4) is 0 Å². The van der Waals surface area contributed by atoms with Crippen LogP contribution in [0, 0.1) is 5.41 Å². The Morgan fingerprint density at radius 3 is 2.72 bits per heavy atom. The van der Waals surface area contributed by atoms with Crippen molar-refractivity contribution in [2.24, 2.45) is 5.41 Å². The third-order valence-corrected chi connectivity index (χ3v) is 4.65. The minimum absolute atomic E-state index is 0.0524. The summed E-state index contributed by atoms with van der Waals surface area (Å²) in [5, 5.41) is 6.98. The second-order valence-electron chi connectivity index (χ2n) is 7.50. The molecule has 2 amide bonds. The van der Waals surface area contributed by atoms with Gasteiger partial charge in [-0.2, -0.15) is 5.10 Å². The summed E-state index contributed by atoms with van der Waals surface area (Å²) in [6.45, 7) is 6.58. The highest BCUT2D eigenvalue weighted by atomic mass is 16.2. The number of aromatic nitrogens is 3. The highest BCUT2D eigenvalue weighted by Gasteiger charge is 2.35. The zero-order chi connectivity index (χ0) is 18.2. The summed E-state index contributed by atoms with van der Waals surface area (Å²) in [5.41, 5.74) is 1.43. The second kappa shape index (κ2) is 6.46. The quantitative estimate of drug-likeness (QED) is 0.906. The topological polar surface area (TPSA) is 79.6 Å². The van der Waals surface area contributed by atoms with Gasteiger partial charge < -0.3 is 10.2 Å². The molecule has 0 radical (unpaired) electrons. The zero-order valence-electron chi connectivity index (χ0n) is 15.2. The van der Waals surface area contributed by atoms with Crippen LogP contribution in [-0.4, -0.2) is 44.9 Å². The van der Waals surface area contributed by atoms with E-state index in [0.717, 1.165) is 31.5 Å². The van der Waals surface area contributed by atoms with Crippen LogP contribution >= 0.6 is 0 Å². The molecule has 0 saturated carbocycles. The van der Waals surface area contributed by atoms with Gasteiger partial charge in [-0.1, -0.05) is 20.8 Å². The first kappa shape index (κ1) is 17.4. The zero-order valence-corrected chi connectivity index (χ0v) is 15.2. The molecule has 7 heteroatoms. The first-order chi connectivity index (χ1) is 11.8. The summed E-state index contributed by atoms with van der Waals surface area (Å²) < 4.78 is 1.70. The number of nitrogens with zero attached hydrogens (tertiary/aromatic N) is 4. The number of hydrogen-bond donors (Lipinski definition) is 1. The molecule has 1 aliphatic rings. The van der Waals surface area contributed by atoms with Crippen LogP contribution in [0.4, 0.5) is 0 Å². The summed E-state index contributed by atoms with van der Waals surface area (Å²) in [6.07, 6.45) is 6.17. The lowest BCUT2D eigenvalue weighted by Gasteiger charge is -2.39. The van der Waals surface area contributed by atoms with Gasteiger partial charge in [-0.3, -0.25) is 9.59 Å². The molecule has 25 heavy (non-hydrogen) atoms. The number of carbonyl (C=O) groups excluding carboxylic acids is 2. The highest BCUT2D eigenvalue weighted by molar-refractivity contribution is 5.99. The number of fused-ring (bicyclic) bond motifs is 1. The van der Waals surface area contributed by atoms with Gasteiger partial charge in [-0.15, -0.1) is 0 Å². The molecular weight excluding hydrogens is 318 g/mol. The Bertz CT molecular complexity index is 805. The number of rotatable bonds is 2. The van der Waals surface area contributed by atoms with Crippen molar-refractivity contribution in [3.8, 4) is 0 Å². The summed E-state index contributed by atoms with van der Waals surface area (Å²) in [4.78, 5) is 31.2. The first-order valence-corrected chi connectivity index (χ1v) is 8.70. The van der Waals surface area contributed by atoms with Gasteiger partial charge in [0.15, 0.2) is 5.65 Å². The Morgan fingerprint density at radius 1 is 1.28 bits per heavy atom. The number of nitrogens with one attached hydrogen (secondary N) is 1. The fourth-order valence-electron chi connectivity index (χ4n) is 3.37. The number of hydrogen-bond acceptors (Lipinski definition) is 4. The van der Waals surface area contributed by atoms with Gasteiger partial charge in [0.05, 0.1) is 17.9 Å². The fraction of sp³-hybridized carbons (Fsp3) is 0.556. The molecular formula is C18H25N5O2. The second-order valence-corrected chi connectivity index (χ2v) is 7.50. The van der Waals surface area contributed by atoms with E-state index in [1.807, 2.05) is 31.7 Å². The minimum atomic E-state index is -0.431. The van der Waals surface area contributed by atoms with Crippen LogP contribution in [0.5, 0.6) is 0 Å². The molecule has 0 aliphatic carbocycles. The van der Waals surface area contributed by atoms with Gasteiger partial charge in [0, 0.05) is 25.2 Å². The molecule has 2 aromatic rings. The van der Waals surface area contributed by atoms with Gasteiger partial charge >= 0.3 is 0 Å². The molecule has 1 aliphatic heterocycles. The highest BCUT2D eigenvalue weighted by Crippen LogP contribution is 2.34. The van der Waals surface area contributed by atoms with Crippen molar-refractivity contribution < 1.29 is 9.59 Å². The Kier molecular flexibility index (Phi) is 4.49. The third-order valence-electron chi connectivity index (χ3n) is 4.65. The van der Waals surface area contributed by atoms with E-state index in [4.69, 9.17) is 0 Å². The Morgan fingerprint density at radius 2 is 2.04 bits per heavy atom. The van der Waals surface area contributed by atoms with Crippen LogP contribution < -0.4 is 5.32 Å². The van der Waals surface area contributed by atoms with Crippen molar-refractivity contribution in [3.63, 3.8) is 0 Å². The van der Waals surface area contributed by atoms with Gasteiger partial charge in [0.1, 0.15) is 5.56 Å². The van der Waals surface area contributed by atoms with Crippen molar-refractivity contribution in [2.75, 3.05) is 13.6 Å². The molecule has 1 saturated heterocycles. The Hall–Kier alpha value is -2.44. The summed E-state index contributed by atoms with van der Waals surface area (Å²) in [7, 11) is 1.58. The molecule has 1 fully saturated rings. The van der Waals surface area contributed by atoms with Crippen molar-refractivity contribution in [1.29, 1.82) is 0 Å². The maximum atomic E-state index is 12.9. The van der Waals surface area contributed by atoms with E-state index in [1.54, 1.807) is 17.8 Å². The average Bonchev–Trinajstić information content (AvgIpc) is 3.03. The van der Waals surface area contributed by atoms with Crippen molar-refractivity contribution >= 4 is 17.5 Å². The molecule has 0 spiro atoms.